The van der Waals surface area contributed by atoms with Crippen molar-refractivity contribution < 1.29 is 23.9 Å². The second-order valence-electron chi connectivity index (χ2n) is 5.48. The van der Waals surface area contributed by atoms with Gasteiger partial charge in [0.1, 0.15) is 12.6 Å². The molecule has 0 radical (unpaired) electrons. The molecule has 0 saturated heterocycles. The molecule has 0 saturated carbocycles. The summed E-state index contributed by atoms with van der Waals surface area (Å²) in [5.74, 6) is -0.315. The molecule has 0 aliphatic heterocycles. The molecule has 144 valence electrons. The van der Waals surface area contributed by atoms with E-state index >= 15 is 0 Å². The highest BCUT2D eigenvalue weighted by Gasteiger charge is 2.21. The van der Waals surface area contributed by atoms with Crippen LogP contribution in [-0.4, -0.2) is 56.1 Å². The summed E-state index contributed by atoms with van der Waals surface area (Å²) in [6, 6.07) is 8.73. The maximum absolute atomic E-state index is 11.8. The Balaban J connectivity index is 2.27. The smallest absolute Gasteiger partial charge is 0.328 e. The van der Waals surface area contributed by atoms with Gasteiger partial charge >= 0.3 is 11.9 Å². The molecule has 1 rings (SSSR count). The summed E-state index contributed by atoms with van der Waals surface area (Å²) >= 11 is 1.35. The van der Waals surface area contributed by atoms with E-state index in [1.54, 1.807) is 7.05 Å². The third-order valence-electron chi connectivity index (χ3n) is 3.44. The first-order valence-electron chi connectivity index (χ1n) is 8.36. The maximum atomic E-state index is 11.8. The van der Waals surface area contributed by atoms with Crippen molar-refractivity contribution in [3.8, 4) is 0 Å². The number of methoxy groups -OCH3 is 1. The molecule has 8 heteroatoms. The topological polar surface area (TPSA) is 93.7 Å². The Bertz CT molecular complexity index is 568. The number of amides is 1. The Morgan fingerprint density at radius 3 is 2.58 bits per heavy atom. The van der Waals surface area contributed by atoms with Crippen molar-refractivity contribution in [3.63, 3.8) is 0 Å². The third kappa shape index (κ3) is 9.43. The van der Waals surface area contributed by atoms with Crippen LogP contribution in [0, 0.1) is 0 Å². The number of thioether (sulfide) groups is 1. The number of hydrogen-bond acceptors (Lipinski definition) is 7. The zero-order chi connectivity index (χ0) is 19.2. The fourth-order valence-electron chi connectivity index (χ4n) is 2.03. The molecule has 0 aliphatic rings. The fraction of sp³-hybridized carbons (Fsp3) is 0.500. The summed E-state index contributed by atoms with van der Waals surface area (Å²) in [5.41, 5.74) is 0.931. The Morgan fingerprint density at radius 2 is 1.92 bits per heavy atom. The first-order valence-corrected chi connectivity index (χ1v) is 9.51. The first-order chi connectivity index (χ1) is 12.6. The first kappa shape index (κ1) is 22.0. The van der Waals surface area contributed by atoms with E-state index in [0.29, 0.717) is 18.7 Å². The van der Waals surface area contributed by atoms with Crippen LogP contribution in [0.1, 0.15) is 18.4 Å². The Morgan fingerprint density at radius 1 is 1.19 bits per heavy atom. The summed E-state index contributed by atoms with van der Waals surface area (Å²) in [7, 11) is 3.03. The molecule has 0 unspecified atom stereocenters. The van der Waals surface area contributed by atoms with Crippen molar-refractivity contribution in [1.82, 2.24) is 10.6 Å². The molecule has 1 aromatic carbocycles. The molecule has 1 atom stereocenters. The highest BCUT2D eigenvalue weighted by molar-refractivity contribution is 7.99. The van der Waals surface area contributed by atoms with Crippen molar-refractivity contribution in [1.29, 1.82) is 0 Å². The van der Waals surface area contributed by atoms with E-state index in [9.17, 15) is 14.4 Å². The highest BCUT2D eigenvalue weighted by atomic mass is 32.2. The van der Waals surface area contributed by atoms with E-state index in [1.807, 2.05) is 30.3 Å². The molecule has 0 aliphatic carbocycles. The molecular formula is C18H26N2O5S. The molecule has 0 fully saturated rings. The van der Waals surface area contributed by atoms with Crippen LogP contribution in [0.2, 0.25) is 0 Å². The van der Waals surface area contributed by atoms with Crippen LogP contribution >= 0.6 is 11.8 Å². The van der Waals surface area contributed by atoms with Gasteiger partial charge in [-0.2, -0.15) is 11.8 Å². The van der Waals surface area contributed by atoms with Crippen LogP contribution < -0.4 is 10.6 Å². The van der Waals surface area contributed by atoms with Gasteiger partial charge in [0.05, 0.1) is 12.9 Å². The van der Waals surface area contributed by atoms with Crippen LogP contribution in [0.5, 0.6) is 0 Å². The standard InChI is InChI=1S/C18H26N2O5S/c1-19-10-8-16(21)20-15(18(23)24-2)9-11-26-13-17(22)25-12-14-6-4-3-5-7-14/h3-7,15,19H,8-13H2,1-2H3,(H,20,21)/t15-/m0/s1. The van der Waals surface area contributed by atoms with E-state index in [0.717, 1.165) is 5.56 Å². The van der Waals surface area contributed by atoms with E-state index < -0.39 is 12.0 Å². The molecule has 26 heavy (non-hydrogen) atoms. The Labute approximate surface area is 158 Å². The van der Waals surface area contributed by atoms with Crippen molar-refractivity contribution in [2.45, 2.75) is 25.5 Å². The SMILES string of the molecule is CNCCC(=O)N[C@@H](CCSCC(=O)OCc1ccccc1)C(=O)OC. The molecule has 0 bridgehead atoms. The predicted octanol–water partition coefficient (Wildman–Crippen LogP) is 1.12. The van der Waals surface area contributed by atoms with E-state index in [2.05, 4.69) is 10.6 Å². The number of ether oxygens (including phenoxy) is 2. The second-order valence-corrected chi connectivity index (χ2v) is 6.59. The number of rotatable bonds is 12. The fourth-order valence-corrected chi connectivity index (χ4v) is 2.83. The van der Waals surface area contributed by atoms with Crippen LogP contribution in [0.25, 0.3) is 0 Å². The average molecular weight is 382 g/mol. The maximum Gasteiger partial charge on any atom is 0.328 e. The number of nitrogens with one attached hydrogen (secondary N) is 2. The second kappa shape index (κ2) is 13.2. The van der Waals surface area contributed by atoms with Crippen LogP contribution in [0.4, 0.5) is 0 Å². The summed E-state index contributed by atoms with van der Waals surface area (Å²) in [6.07, 6.45) is 0.664. The van der Waals surface area contributed by atoms with Crippen LogP contribution in [-0.2, 0) is 30.5 Å². The zero-order valence-corrected chi connectivity index (χ0v) is 16.0. The van der Waals surface area contributed by atoms with Gasteiger partial charge in [-0.15, -0.1) is 0 Å². The van der Waals surface area contributed by atoms with Crippen molar-refractivity contribution in [2.75, 3.05) is 32.2 Å². The minimum Gasteiger partial charge on any atom is -0.467 e. The van der Waals surface area contributed by atoms with Gasteiger partial charge in [0.2, 0.25) is 5.91 Å². The molecule has 2 N–H and O–H groups in total. The predicted molar refractivity (Wildman–Crippen MR) is 101 cm³/mol. The van der Waals surface area contributed by atoms with Gasteiger partial charge in [-0.1, -0.05) is 30.3 Å². The lowest BCUT2D eigenvalue weighted by Gasteiger charge is -2.16. The van der Waals surface area contributed by atoms with Gasteiger partial charge in [-0.25, -0.2) is 4.79 Å². The Kier molecular flexibility index (Phi) is 11.1. The minimum atomic E-state index is -0.711. The molecular weight excluding hydrogens is 356 g/mol. The summed E-state index contributed by atoms with van der Waals surface area (Å²) in [6.45, 7) is 0.772. The number of benzene rings is 1. The monoisotopic (exact) mass is 382 g/mol. The van der Waals surface area contributed by atoms with Crippen molar-refractivity contribution in [2.24, 2.45) is 0 Å². The van der Waals surface area contributed by atoms with Gasteiger partial charge < -0.3 is 20.1 Å². The molecule has 0 spiro atoms. The summed E-state index contributed by atoms with van der Waals surface area (Å²) in [4.78, 5) is 35.2. The Hall–Kier alpha value is -2.06. The van der Waals surface area contributed by atoms with Gasteiger partial charge in [-0.05, 0) is 24.8 Å². The lowest BCUT2D eigenvalue weighted by atomic mass is 10.2. The summed E-state index contributed by atoms with van der Waals surface area (Å²) in [5, 5.41) is 5.53. The van der Waals surface area contributed by atoms with E-state index in [-0.39, 0.29) is 30.7 Å². The molecule has 0 heterocycles. The lowest BCUT2D eigenvalue weighted by Crippen LogP contribution is -2.42. The minimum absolute atomic E-state index is 0.189. The van der Waals surface area contributed by atoms with Gasteiger partial charge in [-0.3, -0.25) is 9.59 Å². The lowest BCUT2D eigenvalue weighted by molar-refractivity contribution is -0.145. The third-order valence-corrected chi connectivity index (χ3v) is 4.40. The molecule has 1 amide bonds. The number of carbonyl (C=O) groups excluding carboxylic acids is 3. The quantitative estimate of drug-likeness (QED) is 0.413. The molecule has 7 nitrogen and oxygen atoms in total. The number of hydrogen-bond donors (Lipinski definition) is 2. The number of esters is 2. The van der Waals surface area contributed by atoms with Crippen LogP contribution in [0.3, 0.4) is 0 Å². The largest absolute Gasteiger partial charge is 0.467 e. The summed E-state index contributed by atoms with van der Waals surface area (Å²) < 4.78 is 9.90. The van der Waals surface area contributed by atoms with Gasteiger partial charge in [0.25, 0.3) is 0 Å². The normalized spacial score (nSPS) is 11.5. The molecule has 0 aromatic heterocycles. The van der Waals surface area contributed by atoms with Gasteiger partial charge in [0, 0.05) is 13.0 Å². The van der Waals surface area contributed by atoms with Crippen molar-refractivity contribution >= 4 is 29.6 Å². The van der Waals surface area contributed by atoms with Crippen molar-refractivity contribution in [3.05, 3.63) is 35.9 Å². The highest BCUT2D eigenvalue weighted by Crippen LogP contribution is 2.08. The average Bonchev–Trinajstić information content (AvgIpc) is 2.67. The zero-order valence-electron chi connectivity index (χ0n) is 15.2. The van der Waals surface area contributed by atoms with E-state index in [4.69, 9.17) is 9.47 Å². The van der Waals surface area contributed by atoms with Gasteiger partial charge in [0.15, 0.2) is 0 Å². The van der Waals surface area contributed by atoms with E-state index in [1.165, 1.54) is 18.9 Å². The molecule has 1 aromatic rings. The van der Waals surface area contributed by atoms with Crippen LogP contribution in [0.15, 0.2) is 30.3 Å². The number of carbonyl (C=O) groups is 3.